The molecule has 0 radical (unpaired) electrons. The summed E-state index contributed by atoms with van der Waals surface area (Å²) in [4.78, 5) is 20.1. The van der Waals surface area contributed by atoms with Gasteiger partial charge < -0.3 is 24.8 Å². The van der Waals surface area contributed by atoms with E-state index in [9.17, 15) is 9.90 Å². The number of likely N-dealkylation sites (tertiary alicyclic amines) is 1. The molecular formula is C42H54ClN3O4. The number of benzene rings is 2. The largest absolute Gasteiger partial charge is 0.493 e. The van der Waals surface area contributed by atoms with Crippen LogP contribution in [0.15, 0.2) is 54.7 Å². The lowest BCUT2D eigenvalue weighted by Crippen LogP contribution is -2.53. The zero-order valence-corrected chi connectivity index (χ0v) is 30.8. The predicted octanol–water partition coefficient (Wildman–Crippen LogP) is 9.06. The highest BCUT2D eigenvalue weighted by molar-refractivity contribution is 6.30. The van der Waals surface area contributed by atoms with Crippen LogP contribution in [0.4, 0.5) is 5.69 Å². The van der Waals surface area contributed by atoms with Crippen molar-refractivity contribution < 1.29 is 19.4 Å². The molecule has 1 aliphatic heterocycles. The summed E-state index contributed by atoms with van der Waals surface area (Å²) < 4.78 is 13.3. The summed E-state index contributed by atoms with van der Waals surface area (Å²) >= 11 is 6.30. The maximum atomic E-state index is 13.0. The molecule has 1 spiro atoms. The van der Waals surface area contributed by atoms with Gasteiger partial charge >= 0.3 is 5.97 Å². The van der Waals surface area contributed by atoms with Gasteiger partial charge in [-0.15, -0.1) is 0 Å². The number of aromatic nitrogens is 1. The topological polar surface area (TPSA) is 83.9 Å². The molecule has 4 atom stereocenters. The van der Waals surface area contributed by atoms with E-state index < -0.39 is 11.5 Å². The van der Waals surface area contributed by atoms with Gasteiger partial charge in [0.05, 0.1) is 6.61 Å². The summed E-state index contributed by atoms with van der Waals surface area (Å²) in [6, 6.07) is 16.3. The summed E-state index contributed by atoms with van der Waals surface area (Å²) in [5.74, 6) is 2.34. The van der Waals surface area contributed by atoms with Gasteiger partial charge in [0.1, 0.15) is 23.1 Å². The highest BCUT2D eigenvalue weighted by Gasteiger charge is 2.54. The molecule has 1 saturated carbocycles. The number of carbonyl (C=O) groups is 1. The quantitative estimate of drug-likeness (QED) is 0.218. The van der Waals surface area contributed by atoms with Gasteiger partial charge in [0.15, 0.2) is 0 Å². The Bertz CT molecular complexity index is 1670. The van der Waals surface area contributed by atoms with Gasteiger partial charge in [-0.3, -0.25) is 4.98 Å². The van der Waals surface area contributed by atoms with Gasteiger partial charge in [-0.05, 0) is 161 Å². The molecule has 8 heteroatoms. The minimum Gasteiger partial charge on any atom is -0.493 e. The fourth-order valence-electron chi connectivity index (χ4n) is 9.72. The lowest BCUT2D eigenvalue weighted by Gasteiger charge is -2.47. The molecule has 2 fully saturated rings. The zero-order chi connectivity index (χ0) is 34.9. The summed E-state index contributed by atoms with van der Waals surface area (Å²) in [5, 5.41) is 14.7. The number of aliphatic carboxylic acids is 1. The molecule has 50 heavy (non-hydrogen) atoms. The molecule has 3 aliphatic carbocycles. The Morgan fingerprint density at radius 3 is 2.74 bits per heavy atom. The Hall–Kier alpha value is -3.29. The third kappa shape index (κ3) is 7.23. The van der Waals surface area contributed by atoms with Gasteiger partial charge in [0, 0.05) is 34.7 Å². The highest BCUT2D eigenvalue weighted by Crippen LogP contribution is 2.57. The fraction of sp³-hybridized carbons (Fsp3) is 0.571. The van der Waals surface area contributed by atoms with Crippen molar-refractivity contribution in [1.82, 2.24) is 9.88 Å². The first-order valence-electron chi connectivity index (χ1n) is 19.0. The summed E-state index contributed by atoms with van der Waals surface area (Å²) in [7, 11) is 2.19. The van der Waals surface area contributed by atoms with E-state index in [-0.39, 0.29) is 11.5 Å². The molecule has 0 bridgehead atoms. The molecule has 2 aromatic carbocycles. The average molecular weight is 700 g/mol. The molecule has 2 N–H and O–H groups in total. The molecule has 0 amide bonds. The van der Waals surface area contributed by atoms with Crippen LogP contribution in [-0.2, 0) is 23.1 Å². The van der Waals surface area contributed by atoms with Crippen LogP contribution in [0.25, 0.3) is 0 Å². The number of ether oxygens (including phenoxy) is 2. The van der Waals surface area contributed by atoms with Crippen molar-refractivity contribution in [3.8, 4) is 11.5 Å². The number of anilines is 1. The number of nitrogens with one attached hydrogen (secondary N) is 1. The van der Waals surface area contributed by atoms with Gasteiger partial charge in [-0.2, -0.15) is 0 Å². The Morgan fingerprint density at radius 2 is 1.94 bits per heavy atom. The summed E-state index contributed by atoms with van der Waals surface area (Å²) in [5.41, 5.74) is 4.83. The summed E-state index contributed by atoms with van der Waals surface area (Å²) in [6.45, 7) is 7.33. The highest BCUT2D eigenvalue weighted by atomic mass is 35.5. The Labute approximate surface area is 303 Å². The van der Waals surface area contributed by atoms with Crippen molar-refractivity contribution in [2.75, 3.05) is 32.1 Å². The van der Waals surface area contributed by atoms with Gasteiger partial charge in [0.25, 0.3) is 0 Å². The molecule has 1 unspecified atom stereocenters. The number of halogens is 1. The van der Waals surface area contributed by atoms with Gasteiger partial charge in [-0.1, -0.05) is 37.6 Å². The van der Waals surface area contributed by atoms with E-state index in [1.165, 1.54) is 48.1 Å². The van der Waals surface area contributed by atoms with Crippen molar-refractivity contribution in [1.29, 1.82) is 0 Å². The van der Waals surface area contributed by atoms with Crippen molar-refractivity contribution in [2.45, 2.75) is 114 Å². The minimum absolute atomic E-state index is 0.123. The smallest absolute Gasteiger partial charge is 0.329 e. The fourth-order valence-corrected chi connectivity index (χ4v) is 9.91. The van der Waals surface area contributed by atoms with E-state index in [2.05, 4.69) is 54.3 Å². The van der Waals surface area contributed by atoms with Crippen LogP contribution in [-0.4, -0.2) is 59.3 Å². The lowest BCUT2D eigenvalue weighted by atomic mass is 9.59. The van der Waals surface area contributed by atoms with Crippen molar-refractivity contribution in [2.24, 2.45) is 11.8 Å². The first-order chi connectivity index (χ1) is 24.1. The van der Waals surface area contributed by atoms with E-state index >= 15 is 0 Å². The molecule has 1 saturated heterocycles. The molecule has 4 aliphatic rings. The molecule has 2 heterocycles. The number of nitrogens with zero attached hydrogens (tertiary/aromatic N) is 2. The van der Waals surface area contributed by atoms with E-state index in [1.54, 1.807) is 0 Å². The molecule has 7 nitrogen and oxygen atoms in total. The molecule has 268 valence electrons. The van der Waals surface area contributed by atoms with Crippen molar-refractivity contribution >= 4 is 23.3 Å². The number of aryl methyl sites for hydroxylation is 1. The normalized spacial score (nSPS) is 28.7. The zero-order valence-electron chi connectivity index (χ0n) is 30.1. The molecule has 1 aromatic heterocycles. The predicted molar refractivity (Wildman–Crippen MR) is 200 cm³/mol. The standard InChI is InChI=1S/C42H54ClN3O4/c1-28(27-49-38-15-20-44-37-12-6-8-29(2)39(37)38)22-31-23-30-13-14-34(50-35-11-4-5-21-46(3)26-35)25-36(30)41(31)16-18-42(19-17-41,40(47)48)45-33-10-7-9-32(43)24-33/h7,9-10,13-15,20,24-25,28-29,31,35,45H,4-6,8,11-12,16-19,21-23,26-27H2,1-3H3,(H,47,48)/t28-,29-,31+,35?,41?,42?/m1/s1. The third-order valence-electron chi connectivity index (χ3n) is 12.4. The number of hydrogen-bond donors (Lipinski definition) is 2. The van der Waals surface area contributed by atoms with E-state index in [0.717, 1.165) is 68.8 Å². The second kappa shape index (κ2) is 14.7. The van der Waals surface area contributed by atoms with Crippen LogP contribution in [0.1, 0.15) is 106 Å². The van der Waals surface area contributed by atoms with Crippen LogP contribution in [0.3, 0.4) is 0 Å². The second-order valence-corrected chi connectivity index (χ2v) is 16.4. The van der Waals surface area contributed by atoms with E-state index in [0.29, 0.717) is 42.2 Å². The Kier molecular flexibility index (Phi) is 10.4. The lowest BCUT2D eigenvalue weighted by molar-refractivity contribution is -0.144. The van der Waals surface area contributed by atoms with Crippen LogP contribution >= 0.6 is 11.6 Å². The Balaban J connectivity index is 1.13. The first-order valence-corrected chi connectivity index (χ1v) is 19.4. The van der Waals surface area contributed by atoms with Crippen LogP contribution < -0.4 is 14.8 Å². The van der Waals surface area contributed by atoms with E-state index in [1.807, 2.05) is 36.5 Å². The number of carboxylic acid groups (broad SMARTS) is 1. The summed E-state index contributed by atoms with van der Waals surface area (Å²) in [6.07, 6.45) is 13.6. The number of rotatable bonds is 10. The minimum atomic E-state index is -1.05. The number of fused-ring (bicyclic) bond motifs is 3. The van der Waals surface area contributed by atoms with E-state index in [4.69, 9.17) is 21.1 Å². The van der Waals surface area contributed by atoms with Crippen LogP contribution in [0, 0.1) is 11.8 Å². The molecular weight excluding hydrogens is 646 g/mol. The number of hydrogen-bond acceptors (Lipinski definition) is 6. The van der Waals surface area contributed by atoms with Gasteiger partial charge in [0.2, 0.25) is 0 Å². The molecule has 3 aromatic rings. The molecule has 7 rings (SSSR count). The number of pyridine rings is 1. The maximum absolute atomic E-state index is 13.0. The average Bonchev–Trinajstić information content (AvgIpc) is 3.21. The van der Waals surface area contributed by atoms with Crippen LogP contribution in [0.5, 0.6) is 11.5 Å². The van der Waals surface area contributed by atoms with Crippen molar-refractivity contribution in [3.63, 3.8) is 0 Å². The van der Waals surface area contributed by atoms with Gasteiger partial charge in [-0.25, -0.2) is 4.79 Å². The Morgan fingerprint density at radius 1 is 1.10 bits per heavy atom. The number of carboxylic acids is 1. The monoisotopic (exact) mass is 699 g/mol. The SMILES string of the molecule is C[C@@H](COc1ccnc2c1[C@H](C)CCC2)C[C@H]1Cc2ccc(OC3CCCCN(C)C3)cc2C12CCC(Nc1cccc(Cl)c1)(C(=O)O)CC2. The third-order valence-corrected chi connectivity index (χ3v) is 12.6. The maximum Gasteiger partial charge on any atom is 0.329 e. The van der Waals surface area contributed by atoms with Crippen LogP contribution in [0.2, 0.25) is 5.02 Å². The van der Waals surface area contributed by atoms with Crippen molar-refractivity contribution in [3.05, 3.63) is 82.1 Å². The first kappa shape index (κ1) is 35.1. The second-order valence-electron chi connectivity index (χ2n) is 16.0. The number of likely N-dealkylation sites (N-methyl/N-ethyl adjacent to an activating group) is 1.